The summed E-state index contributed by atoms with van der Waals surface area (Å²) in [6.45, 7) is 5.72. The summed E-state index contributed by atoms with van der Waals surface area (Å²) in [4.78, 5) is 13.8. The van der Waals surface area contributed by atoms with E-state index >= 15 is 0 Å². The van der Waals surface area contributed by atoms with Crippen molar-refractivity contribution in [2.75, 3.05) is 18.0 Å². The van der Waals surface area contributed by atoms with E-state index in [1.54, 1.807) is 0 Å². The Balaban J connectivity index is 2.11. The average Bonchev–Trinajstić information content (AvgIpc) is 2.68. The zero-order valence-electron chi connectivity index (χ0n) is 15.1. The highest BCUT2D eigenvalue weighted by atomic mass is 32.2. The van der Waals surface area contributed by atoms with Crippen molar-refractivity contribution in [1.82, 2.24) is 0 Å². The minimum absolute atomic E-state index is 0.0442. The molecule has 0 bridgehead atoms. The van der Waals surface area contributed by atoms with Crippen molar-refractivity contribution in [2.45, 2.75) is 31.1 Å². The van der Waals surface area contributed by atoms with Crippen LogP contribution in [0.4, 0.5) is 14.5 Å². The summed E-state index contributed by atoms with van der Waals surface area (Å²) in [5.41, 5.74) is 1.89. The largest absolute Gasteiger partial charge is 0.457 e. The van der Waals surface area contributed by atoms with Gasteiger partial charge in [0.05, 0.1) is 10.5 Å². The molecule has 0 aliphatic rings. The zero-order chi connectivity index (χ0) is 20.0. The Morgan fingerprint density at radius 2 is 1.63 bits per heavy atom. The van der Waals surface area contributed by atoms with E-state index in [1.165, 1.54) is 0 Å². The van der Waals surface area contributed by atoms with Crippen LogP contribution in [0, 0.1) is 0 Å². The molecule has 5 nitrogen and oxygen atoms in total. The number of benzene rings is 2. The fourth-order valence-electron chi connectivity index (χ4n) is 2.62. The van der Waals surface area contributed by atoms with Crippen molar-refractivity contribution < 1.29 is 26.7 Å². The minimum atomic E-state index is -4.69. The van der Waals surface area contributed by atoms with Crippen LogP contribution < -0.4 is 4.90 Å². The van der Waals surface area contributed by atoms with Gasteiger partial charge in [0.2, 0.25) is 9.84 Å². The fraction of sp³-hybridized carbons (Fsp3) is 0.316. The third-order valence-corrected chi connectivity index (χ3v) is 5.51. The molecule has 27 heavy (non-hydrogen) atoms. The number of anilines is 1. The predicted molar refractivity (Wildman–Crippen MR) is 98.8 cm³/mol. The van der Waals surface area contributed by atoms with E-state index in [2.05, 4.69) is 4.90 Å². The molecular weight excluding hydrogens is 376 g/mol. The van der Waals surface area contributed by atoms with Gasteiger partial charge in [-0.1, -0.05) is 18.2 Å². The van der Waals surface area contributed by atoms with Gasteiger partial charge in [-0.15, -0.1) is 0 Å². The maximum Gasteiger partial charge on any atom is 0.341 e. The minimum Gasteiger partial charge on any atom is -0.457 e. The molecule has 0 aliphatic carbocycles. The Hall–Kier alpha value is -2.48. The van der Waals surface area contributed by atoms with Crippen molar-refractivity contribution >= 4 is 21.5 Å². The second kappa shape index (κ2) is 8.94. The number of para-hydroxylation sites is 1. The molecule has 0 spiro atoms. The number of rotatable bonds is 8. The summed E-state index contributed by atoms with van der Waals surface area (Å²) < 4.78 is 53.2. The highest BCUT2D eigenvalue weighted by Crippen LogP contribution is 2.22. The van der Waals surface area contributed by atoms with E-state index < -0.39 is 26.5 Å². The number of esters is 1. The van der Waals surface area contributed by atoms with E-state index in [-0.39, 0.29) is 12.2 Å². The Labute approximate surface area is 157 Å². The molecular formula is C19H21F2NO4S. The predicted octanol–water partition coefficient (Wildman–Crippen LogP) is 3.89. The van der Waals surface area contributed by atoms with Crippen molar-refractivity contribution in [2.24, 2.45) is 0 Å². The van der Waals surface area contributed by atoms with Crippen LogP contribution >= 0.6 is 0 Å². The number of sulfone groups is 1. The molecule has 2 aromatic carbocycles. The Kier molecular flexibility index (Phi) is 6.90. The molecule has 0 fully saturated rings. The molecule has 0 radical (unpaired) electrons. The lowest BCUT2D eigenvalue weighted by Gasteiger charge is -2.24. The van der Waals surface area contributed by atoms with Crippen molar-refractivity contribution in [1.29, 1.82) is 0 Å². The number of alkyl halides is 2. The number of ether oxygens (including phenoxy) is 1. The van der Waals surface area contributed by atoms with E-state index in [1.807, 2.05) is 38.1 Å². The molecule has 0 amide bonds. The van der Waals surface area contributed by atoms with Gasteiger partial charge in [0.15, 0.2) is 0 Å². The summed E-state index contributed by atoms with van der Waals surface area (Å²) in [5, 5.41) is 0. The van der Waals surface area contributed by atoms with Crippen LogP contribution in [-0.4, -0.2) is 33.2 Å². The number of hydrogen-bond acceptors (Lipinski definition) is 5. The van der Waals surface area contributed by atoms with Crippen LogP contribution in [-0.2, 0) is 21.2 Å². The fourth-order valence-corrected chi connectivity index (χ4v) is 3.34. The zero-order valence-corrected chi connectivity index (χ0v) is 15.9. The van der Waals surface area contributed by atoms with Crippen LogP contribution in [0.1, 0.15) is 29.8 Å². The standard InChI is InChI=1S/C19H21F2NO4S/c1-3-22(4-2)17-8-6-5-7-15(17)13-26-18(23)14-9-11-16(12-10-14)27(24,25)19(20)21/h5-12,19H,3-4,13H2,1-2H3. The summed E-state index contributed by atoms with van der Waals surface area (Å²) in [6, 6.07) is 11.8. The van der Waals surface area contributed by atoms with Gasteiger partial charge in [-0.3, -0.25) is 0 Å². The molecule has 0 heterocycles. The van der Waals surface area contributed by atoms with Crippen LogP contribution in [0.5, 0.6) is 0 Å². The smallest absolute Gasteiger partial charge is 0.341 e. The SMILES string of the molecule is CCN(CC)c1ccccc1COC(=O)c1ccc(S(=O)(=O)C(F)F)cc1. The molecule has 0 unspecified atom stereocenters. The Bertz CT molecular complexity index is 879. The van der Waals surface area contributed by atoms with Crippen molar-refractivity contribution in [3.63, 3.8) is 0 Å². The van der Waals surface area contributed by atoms with E-state index in [9.17, 15) is 22.0 Å². The van der Waals surface area contributed by atoms with Crippen LogP contribution in [0.2, 0.25) is 0 Å². The first-order valence-electron chi connectivity index (χ1n) is 8.43. The normalized spacial score (nSPS) is 11.4. The molecule has 0 N–H and O–H groups in total. The topological polar surface area (TPSA) is 63.7 Å². The van der Waals surface area contributed by atoms with Gasteiger partial charge in [-0.2, -0.15) is 8.78 Å². The van der Waals surface area contributed by atoms with Crippen LogP contribution in [0.25, 0.3) is 0 Å². The van der Waals surface area contributed by atoms with Gasteiger partial charge < -0.3 is 9.64 Å². The van der Waals surface area contributed by atoms with Crippen molar-refractivity contribution in [3.05, 3.63) is 59.7 Å². The summed E-state index contributed by atoms with van der Waals surface area (Å²) in [7, 11) is -4.69. The van der Waals surface area contributed by atoms with Crippen LogP contribution in [0.15, 0.2) is 53.4 Å². The molecule has 146 valence electrons. The highest BCUT2D eigenvalue weighted by molar-refractivity contribution is 7.91. The molecule has 0 atom stereocenters. The van der Waals surface area contributed by atoms with Crippen molar-refractivity contribution in [3.8, 4) is 0 Å². The summed E-state index contributed by atoms with van der Waals surface area (Å²) >= 11 is 0. The van der Waals surface area contributed by atoms with Gasteiger partial charge in [-0.25, -0.2) is 13.2 Å². The Morgan fingerprint density at radius 3 is 2.19 bits per heavy atom. The van der Waals surface area contributed by atoms with Crippen LogP contribution in [0.3, 0.4) is 0 Å². The number of nitrogens with zero attached hydrogens (tertiary/aromatic N) is 1. The van der Waals surface area contributed by atoms with Gasteiger partial charge in [0, 0.05) is 24.3 Å². The summed E-state index contributed by atoms with van der Waals surface area (Å²) in [5.74, 6) is -4.17. The average molecular weight is 397 g/mol. The molecule has 0 aliphatic heterocycles. The lowest BCUT2D eigenvalue weighted by Crippen LogP contribution is -2.23. The third-order valence-electron chi connectivity index (χ3n) is 4.11. The number of carbonyl (C=O) groups excluding carboxylic acids is 1. The molecule has 0 saturated heterocycles. The first-order valence-corrected chi connectivity index (χ1v) is 9.98. The summed E-state index contributed by atoms with van der Waals surface area (Å²) in [6.07, 6.45) is 0. The van der Waals surface area contributed by atoms with Gasteiger partial charge in [-0.05, 0) is 44.2 Å². The van der Waals surface area contributed by atoms with Gasteiger partial charge in [0.1, 0.15) is 6.61 Å². The first-order chi connectivity index (χ1) is 12.8. The maximum absolute atomic E-state index is 12.5. The molecule has 0 aromatic heterocycles. The van der Waals surface area contributed by atoms with E-state index in [0.717, 1.165) is 48.6 Å². The second-order valence-corrected chi connectivity index (χ2v) is 7.62. The first kappa shape index (κ1) is 20.8. The quantitative estimate of drug-likeness (QED) is 0.633. The lowest BCUT2D eigenvalue weighted by atomic mass is 10.1. The molecule has 2 rings (SSSR count). The van der Waals surface area contributed by atoms with Gasteiger partial charge in [0.25, 0.3) is 0 Å². The van der Waals surface area contributed by atoms with E-state index in [4.69, 9.17) is 4.74 Å². The third kappa shape index (κ3) is 4.82. The van der Waals surface area contributed by atoms with E-state index in [0.29, 0.717) is 0 Å². The monoisotopic (exact) mass is 397 g/mol. The van der Waals surface area contributed by atoms with Gasteiger partial charge >= 0.3 is 11.7 Å². The molecule has 8 heteroatoms. The molecule has 2 aromatic rings. The number of halogens is 2. The molecule has 0 saturated carbocycles. The Morgan fingerprint density at radius 1 is 1.04 bits per heavy atom. The maximum atomic E-state index is 12.5. The highest BCUT2D eigenvalue weighted by Gasteiger charge is 2.26. The number of carbonyl (C=O) groups is 1. The second-order valence-electron chi connectivity index (χ2n) is 5.71. The lowest BCUT2D eigenvalue weighted by molar-refractivity contribution is 0.0473. The number of hydrogen-bond donors (Lipinski definition) is 0.